The van der Waals surface area contributed by atoms with Gasteiger partial charge in [0.15, 0.2) is 17.5 Å². The summed E-state index contributed by atoms with van der Waals surface area (Å²) in [5, 5.41) is 6.61. The average molecular weight is 369 g/mol. The Hall–Kier alpha value is -2.96. The maximum absolute atomic E-state index is 5.76. The minimum absolute atomic E-state index is 0.559. The minimum Gasteiger partial charge on any atom is -0.490 e. The molecule has 0 bridgehead atoms. The molecule has 2 aromatic rings. The van der Waals surface area contributed by atoms with Crippen molar-refractivity contribution < 1.29 is 9.47 Å². The van der Waals surface area contributed by atoms with Crippen LogP contribution in [0.5, 0.6) is 11.5 Å². The van der Waals surface area contributed by atoms with Crippen LogP contribution in [-0.4, -0.2) is 44.8 Å². The van der Waals surface area contributed by atoms with E-state index in [1.54, 1.807) is 0 Å². The summed E-state index contributed by atoms with van der Waals surface area (Å²) >= 11 is 0. The Labute approximate surface area is 160 Å². The monoisotopic (exact) mass is 369 g/mol. The Morgan fingerprint density at radius 1 is 1.15 bits per heavy atom. The van der Waals surface area contributed by atoms with Crippen LogP contribution in [0.15, 0.2) is 41.5 Å². The summed E-state index contributed by atoms with van der Waals surface area (Å²) in [6.45, 7) is 4.73. The molecule has 2 heterocycles. The maximum Gasteiger partial charge on any atom is 0.196 e. The average Bonchev–Trinajstić information content (AvgIpc) is 2.91. The summed E-state index contributed by atoms with van der Waals surface area (Å²) in [6.07, 6.45) is 2.70. The second-order valence-corrected chi connectivity index (χ2v) is 6.45. The lowest BCUT2D eigenvalue weighted by molar-refractivity contribution is 0.297. The Kier molecular flexibility index (Phi) is 6.35. The largest absolute Gasteiger partial charge is 0.490 e. The van der Waals surface area contributed by atoms with Gasteiger partial charge in [0.2, 0.25) is 0 Å². The van der Waals surface area contributed by atoms with Gasteiger partial charge in [-0.3, -0.25) is 0 Å². The number of rotatable bonds is 5. The van der Waals surface area contributed by atoms with Crippen molar-refractivity contribution in [2.45, 2.75) is 19.9 Å². The molecule has 0 fully saturated rings. The first-order valence-corrected chi connectivity index (χ1v) is 9.23. The van der Waals surface area contributed by atoms with Crippen LogP contribution in [0.4, 0.5) is 11.5 Å². The van der Waals surface area contributed by atoms with Crippen molar-refractivity contribution in [1.29, 1.82) is 0 Å². The van der Waals surface area contributed by atoms with Crippen LogP contribution >= 0.6 is 0 Å². The molecule has 0 radical (unpaired) electrons. The number of fused-ring (bicyclic) bond motifs is 1. The minimum atomic E-state index is 0.559. The van der Waals surface area contributed by atoms with Gasteiger partial charge < -0.3 is 25.0 Å². The zero-order valence-electron chi connectivity index (χ0n) is 16.2. The molecule has 7 heteroatoms. The molecule has 3 rings (SSSR count). The van der Waals surface area contributed by atoms with Crippen LogP contribution in [0.3, 0.4) is 0 Å². The highest BCUT2D eigenvalue weighted by atomic mass is 16.5. The van der Waals surface area contributed by atoms with E-state index in [-0.39, 0.29) is 0 Å². The number of nitrogens with one attached hydrogen (secondary N) is 2. The molecule has 7 nitrogen and oxygen atoms in total. The van der Waals surface area contributed by atoms with Crippen molar-refractivity contribution in [3.8, 4) is 11.5 Å². The lowest BCUT2D eigenvalue weighted by Crippen LogP contribution is -2.30. The highest BCUT2D eigenvalue weighted by Gasteiger charge is 2.11. The molecule has 144 valence electrons. The topological polar surface area (TPSA) is 71.0 Å². The SMILES string of the molecule is CCNC(=NCc1ccnc(N(C)C)c1)Nc1ccc2c(c1)OCCCO2. The fourth-order valence-electron chi connectivity index (χ4n) is 2.66. The van der Waals surface area contributed by atoms with E-state index >= 15 is 0 Å². The number of nitrogens with zero attached hydrogens (tertiary/aromatic N) is 3. The number of aliphatic imine (C=N–C) groups is 1. The van der Waals surface area contributed by atoms with Crippen molar-refractivity contribution >= 4 is 17.5 Å². The van der Waals surface area contributed by atoms with E-state index in [2.05, 4.69) is 20.6 Å². The van der Waals surface area contributed by atoms with Gasteiger partial charge in [-0.1, -0.05) is 0 Å². The van der Waals surface area contributed by atoms with Gasteiger partial charge >= 0.3 is 0 Å². The summed E-state index contributed by atoms with van der Waals surface area (Å²) in [6, 6.07) is 9.87. The summed E-state index contributed by atoms with van der Waals surface area (Å²) in [5.41, 5.74) is 2.01. The van der Waals surface area contributed by atoms with Crippen LogP contribution in [0.25, 0.3) is 0 Å². The van der Waals surface area contributed by atoms with E-state index < -0.39 is 0 Å². The zero-order valence-corrected chi connectivity index (χ0v) is 16.2. The lowest BCUT2D eigenvalue weighted by Gasteiger charge is -2.14. The molecule has 1 aromatic heterocycles. The van der Waals surface area contributed by atoms with Crippen LogP contribution in [0.2, 0.25) is 0 Å². The molecule has 0 unspecified atom stereocenters. The number of anilines is 2. The normalized spacial score (nSPS) is 13.7. The third-order valence-electron chi connectivity index (χ3n) is 4.04. The summed E-state index contributed by atoms with van der Waals surface area (Å²) in [5.74, 6) is 3.19. The summed E-state index contributed by atoms with van der Waals surface area (Å²) in [4.78, 5) is 11.0. The predicted molar refractivity (Wildman–Crippen MR) is 109 cm³/mol. The number of hydrogen-bond donors (Lipinski definition) is 2. The standard InChI is InChI=1S/C20H27N5O2/c1-4-21-20(23-14-15-8-9-22-19(12-15)25(2)3)24-16-6-7-17-18(13-16)27-11-5-10-26-17/h6-9,12-13H,4-5,10-11,14H2,1-3H3,(H2,21,23,24). The van der Waals surface area contributed by atoms with Crippen LogP contribution in [0.1, 0.15) is 18.9 Å². The Morgan fingerprint density at radius 3 is 2.74 bits per heavy atom. The van der Waals surface area contributed by atoms with Gasteiger partial charge in [-0.2, -0.15) is 0 Å². The fourth-order valence-corrected chi connectivity index (χ4v) is 2.66. The van der Waals surface area contributed by atoms with Crippen molar-refractivity contribution in [3.05, 3.63) is 42.1 Å². The zero-order chi connectivity index (χ0) is 19.1. The first-order chi connectivity index (χ1) is 13.2. The molecule has 0 amide bonds. The third kappa shape index (κ3) is 5.26. The number of hydrogen-bond acceptors (Lipinski definition) is 5. The first kappa shape index (κ1) is 18.8. The Balaban J connectivity index is 1.72. The quantitative estimate of drug-likeness (QED) is 0.624. The van der Waals surface area contributed by atoms with E-state index in [9.17, 15) is 0 Å². The number of aromatic nitrogens is 1. The second kappa shape index (κ2) is 9.12. The molecule has 0 saturated heterocycles. The number of pyridine rings is 1. The van der Waals surface area contributed by atoms with Gasteiger partial charge in [-0.25, -0.2) is 9.98 Å². The molecule has 27 heavy (non-hydrogen) atoms. The molecule has 1 aliphatic heterocycles. The number of ether oxygens (including phenoxy) is 2. The molecule has 2 N–H and O–H groups in total. The van der Waals surface area contributed by atoms with Gasteiger partial charge in [0.05, 0.1) is 19.8 Å². The number of guanidine groups is 1. The van der Waals surface area contributed by atoms with Crippen molar-refractivity contribution in [1.82, 2.24) is 10.3 Å². The molecule has 0 atom stereocenters. The fraction of sp³-hybridized carbons (Fsp3) is 0.400. The summed E-state index contributed by atoms with van der Waals surface area (Å²) in [7, 11) is 3.95. The molecular formula is C20H27N5O2. The van der Waals surface area contributed by atoms with Crippen molar-refractivity contribution in [2.24, 2.45) is 4.99 Å². The molecular weight excluding hydrogens is 342 g/mol. The van der Waals surface area contributed by atoms with Crippen molar-refractivity contribution in [3.63, 3.8) is 0 Å². The van der Waals surface area contributed by atoms with Crippen LogP contribution in [-0.2, 0) is 6.54 Å². The molecule has 0 aliphatic carbocycles. The van der Waals surface area contributed by atoms with Crippen molar-refractivity contribution in [2.75, 3.05) is 44.1 Å². The molecule has 1 aliphatic rings. The van der Waals surface area contributed by atoms with E-state index in [4.69, 9.17) is 9.47 Å². The van der Waals surface area contributed by atoms with E-state index in [0.717, 1.165) is 47.5 Å². The van der Waals surface area contributed by atoms with Gasteiger partial charge in [-0.15, -0.1) is 0 Å². The highest BCUT2D eigenvalue weighted by Crippen LogP contribution is 2.32. The van der Waals surface area contributed by atoms with Gasteiger partial charge in [0, 0.05) is 45.0 Å². The van der Waals surface area contributed by atoms with Gasteiger partial charge in [0.25, 0.3) is 0 Å². The maximum atomic E-state index is 5.76. The third-order valence-corrected chi connectivity index (χ3v) is 4.04. The first-order valence-electron chi connectivity index (χ1n) is 9.23. The second-order valence-electron chi connectivity index (χ2n) is 6.45. The van der Waals surface area contributed by atoms with E-state index in [0.29, 0.717) is 19.8 Å². The molecule has 1 aromatic carbocycles. The molecule has 0 saturated carbocycles. The smallest absolute Gasteiger partial charge is 0.196 e. The number of benzene rings is 1. The van der Waals surface area contributed by atoms with Gasteiger partial charge in [0.1, 0.15) is 5.82 Å². The Bertz CT molecular complexity index is 792. The predicted octanol–water partition coefficient (Wildman–Crippen LogP) is 2.89. The Morgan fingerprint density at radius 2 is 1.96 bits per heavy atom. The van der Waals surface area contributed by atoms with E-state index in [1.165, 1.54) is 0 Å². The summed E-state index contributed by atoms with van der Waals surface area (Å²) < 4.78 is 11.4. The van der Waals surface area contributed by atoms with Crippen LogP contribution in [0, 0.1) is 0 Å². The van der Waals surface area contributed by atoms with Crippen LogP contribution < -0.4 is 25.0 Å². The lowest BCUT2D eigenvalue weighted by atomic mass is 10.2. The van der Waals surface area contributed by atoms with Gasteiger partial charge in [-0.05, 0) is 36.8 Å². The highest BCUT2D eigenvalue weighted by molar-refractivity contribution is 5.93. The van der Waals surface area contributed by atoms with E-state index in [1.807, 2.05) is 62.4 Å². The molecule has 0 spiro atoms.